The fourth-order valence-electron chi connectivity index (χ4n) is 4.44. The van der Waals surface area contributed by atoms with E-state index < -0.39 is 6.04 Å². The summed E-state index contributed by atoms with van der Waals surface area (Å²) in [4.78, 5) is 34.7. The predicted molar refractivity (Wildman–Crippen MR) is 128 cm³/mol. The summed E-state index contributed by atoms with van der Waals surface area (Å²) >= 11 is 0. The van der Waals surface area contributed by atoms with E-state index in [-0.39, 0.29) is 11.8 Å². The molecule has 1 saturated heterocycles. The minimum Gasteiger partial charge on any atom is -0.496 e. The summed E-state index contributed by atoms with van der Waals surface area (Å²) in [5, 5.41) is 0. The highest BCUT2D eigenvalue weighted by Gasteiger charge is 2.38. The Morgan fingerprint density at radius 2 is 1.73 bits per heavy atom. The number of aromatic nitrogens is 1. The van der Waals surface area contributed by atoms with E-state index in [4.69, 9.17) is 4.74 Å². The van der Waals surface area contributed by atoms with E-state index in [1.807, 2.05) is 53.4 Å². The van der Waals surface area contributed by atoms with E-state index in [2.05, 4.69) is 11.9 Å². The van der Waals surface area contributed by atoms with Crippen molar-refractivity contribution in [3.63, 3.8) is 0 Å². The highest BCUT2D eigenvalue weighted by Crippen LogP contribution is 2.33. The van der Waals surface area contributed by atoms with Gasteiger partial charge < -0.3 is 14.5 Å². The summed E-state index contributed by atoms with van der Waals surface area (Å²) in [5.74, 6) is 0.552. The monoisotopic (exact) mass is 443 g/mol. The maximum absolute atomic E-state index is 13.5. The summed E-state index contributed by atoms with van der Waals surface area (Å²) in [6, 6.07) is 20.5. The molecule has 0 aliphatic carbocycles. The molecule has 1 fully saturated rings. The number of benzene rings is 2. The number of pyridine rings is 1. The number of carbonyl (C=O) groups excluding carboxylic acids is 2. The molecule has 2 amide bonds. The van der Waals surface area contributed by atoms with Gasteiger partial charge in [-0.1, -0.05) is 55.5 Å². The lowest BCUT2D eigenvalue weighted by atomic mass is 9.92. The molecule has 1 atom stereocenters. The first-order chi connectivity index (χ1) is 16.1. The van der Waals surface area contributed by atoms with Crippen LogP contribution in [0, 0.1) is 0 Å². The molecule has 0 radical (unpaired) electrons. The maximum atomic E-state index is 13.5. The van der Waals surface area contributed by atoms with Gasteiger partial charge in [-0.15, -0.1) is 0 Å². The van der Waals surface area contributed by atoms with Crippen LogP contribution in [0.15, 0.2) is 72.9 Å². The Hall–Kier alpha value is -3.67. The quantitative estimate of drug-likeness (QED) is 0.552. The number of piperazine rings is 1. The van der Waals surface area contributed by atoms with Crippen LogP contribution < -0.4 is 4.74 Å². The third kappa shape index (κ3) is 4.75. The first-order valence-electron chi connectivity index (χ1n) is 11.4. The third-order valence-corrected chi connectivity index (χ3v) is 6.05. The van der Waals surface area contributed by atoms with Crippen molar-refractivity contribution in [1.29, 1.82) is 0 Å². The van der Waals surface area contributed by atoms with Crippen molar-refractivity contribution in [2.24, 2.45) is 0 Å². The molecule has 0 unspecified atom stereocenters. The van der Waals surface area contributed by atoms with Crippen molar-refractivity contribution in [2.45, 2.75) is 25.8 Å². The number of ether oxygens (including phenoxy) is 1. The molecule has 6 nitrogen and oxygen atoms in total. The van der Waals surface area contributed by atoms with Gasteiger partial charge in [0.05, 0.1) is 7.11 Å². The normalized spacial score (nSPS) is 16.1. The molecule has 170 valence electrons. The largest absolute Gasteiger partial charge is 0.496 e. The van der Waals surface area contributed by atoms with E-state index >= 15 is 0 Å². The van der Waals surface area contributed by atoms with Crippen molar-refractivity contribution in [1.82, 2.24) is 14.8 Å². The molecule has 1 aromatic heterocycles. The molecule has 2 heterocycles. The van der Waals surface area contributed by atoms with Gasteiger partial charge in [-0.25, -0.2) is 0 Å². The van der Waals surface area contributed by atoms with Crippen LogP contribution in [0.5, 0.6) is 5.75 Å². The van der Waals surface area contributed by atoms with Crippen LogP contribution in [0.1, 0.15) is 29.4 Å². The van der Waals surface area contributed by atoms with Gasteiger partial charge in [-0.05, 0) is 35.7 Å². The number of methoxy groups -OCH3 is 1. The molecule has 3 aromatic rings. The standard InChI is InChI=1S/C27H29N3O3/c1-3-16-29-17-18-30(26(31)23-13-8-9-15-28-23)24(27(29)32)19-20-10-4-5-11-21(20)22-12-6-7-14-25(22)33-2/h4-15,24H,3,16-19H2,1-2H3/t24-/m0/s1. The number of hydrogen-bond donors (Lipinski definition) is 0. The molecule has 0 bridgehead atoms. The zero-order chi connectivity index (χ0) is 23.2. The second-order valence-corrected chi connectivity index (χ2v) is 8.12. The van der Waals surface area contributed by atoms with Gasteiger partial charge in [0.1, 0.15) is 17.5 Å². The Morgan fingerprint density at radius 1 is 1.00 bits per heavy atom. The Bertz CT molecular complexity index is 1120. The topological polar surface area (TPSA) is 62.7 Å². The van der Waals surface area contributed by atoms with Crippen LogP contribution in [-0.2, 0) is 11.2 Å². The SMILES string of the molecule is CCCN1CCN(C(=O)c2ccccn2)[C@@H](Cc2ccccc2-c2ccccc2OC)C1=O. The smallest absolute Gasteiger partial charge is 0.273 e. The molecule has 0 N–H and O–H groups in total. The van der Waals surface area contributed by atoms with Crippen LogP contribution in [0.3, 0.4) is 0 Å². The average Bonchev–Trinajstić information content (AvgIpc) is 2.87. The lowest BCUT2D eigenvalue weighted by molar-refractivity contribution is -0.140. The molecule has 6 heteroatoms. The first kappa shape index (κ1) is 22.5. The molecule has 0 saturated carbocycles. The van der Waals surface area contributed by atoms with Gasteiger partial charge >= 0.3 is 0 Å². The molecule has 2 aromatic carbocycles. The fourth-order valence-corrected chi connectivity index (χ4v) is 4.44. The number of carbonyl (C=O) groups is 2. The highest BCUT2D eigenvalue weighted by molar-refractivity contribution is 5.97. The lowest BCUT2D eigenvalue weighted by Crippen LogP contribution is -2.59. The predicted octanol–water partition coefficient (Wildman–Crippen LogP) is 4.06. The summed E-state index contributed by atoms with van der Waals surface area (Å²) < 4.78 is 5.58. The third-order valence-electron chi connectivity index (χ3n) is 6.05. The van der Waals surface area contributed by atoms with E-state index in [9.17, 15) is 9.59 Å². The molecule has 1 aliphatic rings. The number of hydrogen-bond acceptors (Lipinski definition) is 4. The average molecular weight is 444 g/mol. The zero-order valence-corrected chi connectivity index (χ0v) is 19.1. The van der Waals surface area contributed by atoms with Gasteiger partial charge in [0.15, 0.2) is 0 Å². The first-order valence-corrected chi connectivity index (χ1v) is 11.4. The van der Waals surface area contributed by atoms with Gasteiger partial charge in [0.2, 0.25) is 5.91 Å². The highest BCUT2D eigenvalue weighted by atomic mass is 16.5. The van der Waals surface area contributed by atoms with Crippen molar-refractivity contribution in [3.8, 4) is 16.9 Å². The molecular formula is C27H29N3O3. The number of para-hydroxylation sites is 1. The van der Waals surface area contributed by atoms with Crippen LogP contribution >= 0.6 is 0 Å². The van der Waals surface area contributed by atoms with E-state index in [1.54, 1.807) is 36.4 Å². The molecule has 0 spiro atoms. The molecule has 4 rings (SSSR count). The minimum absolute atomic E-state index is 0.0118. The molecular weight excluding hydrogens is 414 g/mol. The van der Waals surface area contributed by atoms with E-state index in [1.165, 1.54) is 0 Å². The summed E-state index contributed by atoms with van der Waals surface area (Å²) in [5.41, 5.74) is 3.32. The van der Waals surface area contributed by atoms with Gasteiger partial charge in [0, 0.05) is 37.8 Å². The van der Waals surface area contributed by atoms with Gasteiger partial charge in [0.25, 0.3) is 5.91 Å². The van der Waals surface area contributed by atoms with Crippen molar-refractivity contribution in [2.75, 3.05) is 26.7 Å². The van der Waals surface area contributed by atoms with Gasteiger partial charge in [-0.3, -0.25) is 14.6 Å². The zero-order valence-electron chi connectivity index (χ0n) is 19.1. The minimum atomic E-state index is -0.587. The van der Waals surface area contributed by atoms with Crippen LogP contribution in [0.2, 0.25) is 0 Å². The fraction of sp³-hybridized carbons (Fsp3) is 0.296. The molecule has 33 heavy (non-hydrogen) atoms. The second-order valence-electron chi connectivity index (χ2n) is 8.12. The molecule has 1 aliphatic heterocycles. The van der Waals surface area contributed by atoms with Crippen LogP contribution in [0.25, 0.3) is 11.1 Å². The van der Waals surface area contributed by atoms with Crippen molar-refractivity contribution >= 4 is 11.8 Å². The summed E-state index contributed by atoms with van der Waals surface area (Å²) in [6.07, 6.45) is 2.91. The Balaban J connectivity index is 1.71. The number of amides is 2. The van der Waals surface area contributed by atoms with E-state index in [0.717, 1.165) is 28.9 Å². The number of nitrogens with zero attached hydrogens (tertiary/aromatic N) is 3. The van der Waals surface area contributed by atoms with Crippen molar-refractivity contribution < 1.29 is 14.3 Å². The van der Waals surface area contributed by atoms with Crippen molar-refractivity contribution in [3.05, 3.63) is 84.2 Å². The Labute approximate surface area is 194 Å². The summed E-state index contributed by atoms with van der Waals surface area (Å²) in [6.45, 7) is 3.78. The summed E-state index contributed by atoms with van der Waals surface area (Å²) in [7, 11) is 1.65. The van der Waals surface area contributed by atoms with E-state index in [0.29, 0.717) is 31.7 Å². The van der Waals surface area contributed by atoms with Crippen LogP contribution in [-0.4, -0.2) is 59.4 Å². The Morgan fingerprint density at radius 3 is 2.45 bits per heavy atom. The van der Waals surface area contributed by atoms with Crippen LogP contribution in [0.4, 0.5) is 0 Å². The Kier molecular flexibility index (Phi) is 7.03. The van der Waals surface area contributed by atoms with Gasteiger partial charge in [-0.2, -0.15) is 0 Å². The number of rotatable bonds is 7. The lowest BCUT2D eigenvalue weighted by Gasteiger charge is -2.40. The second kappa shape index (κ2) is 10.3. The maximum Gasteiger partial charge on any atom is 0.273 e.